The monoisotopic (exact) mass is 427 g/mol. The van der Waals surface area contributed by atoms with Crippen LogP contribution in [0.5, 0.6) is 0 Å². The van der Waals surface area contributed by atoms with Crippen LogP contribution in [0.25, 0.3) is 5.69 Å². The van der Waals surface area contributed by atoms with Crippen molar-refractivity contribution in [1.82, 2.24) is 9.78 Å². The topological polar surface area (TPSA) is 102 Å². The van der Waals surface area contributed by atoms with Crippen molar-refractivity contribution in [2.24, 2.45) is 5.73 Å². The third-order valence-corrected chi connectivity index (χ3v) is 4.52. The largest absolute Gasteiger partial charge is 0.369 e. The lowest BCUT2D eigenvalue weighted by molar-refractivity contribution is -0.117. The van der Waals surface area contributed by atoms with E-state index in [1.54, 1.807) is 30.3 Å². The van der Waals surface area contributed by atoms with Gasteiger partial charge in [0.1, 0.15) is 5.82 Å². The zero-order valence-electron chi connectivity index (χ0n) is 17.0. The summed E-state index contributed by atoms with van der Waals surface area (Å²) in [5.41, 5.74) is 7.08. The van der Waals surface area contributed by atoms with Crippen molar-refractivity contribution < 1.29 is 18.4 Å². The van der Waals surface area contributed by atoms with Gasteiger partial charge in [0.25, 0.3) is 0 Å². The number of anilines is 2. The van der Waals surface area contributed by atoms with E-state index in [0.29, 0.717) is 23.5 Å². The van der Waals surface area contributed by atoms with Gasteiger partial charge in [-0.05, 0) is 42.7 Å². The highest BCUT2D eigenvalue weighted by Crippen LogP contribution is 2.21. The summed E-state index contributed by atoms with van der Waals surface area (Å²) in [4.78, 5) is 23.7. The summed E-state index contributed by atoms with van der Waals surface area (Å²) in [5, 5.41) is 9.49. The third kappa shape index (κ3) is 5.65. The molecule has 0 aliphatic rings. The highest BCUT2D eigenvalue weighted by atomic mass is 19.2. The number of urea groups is 1. The van der Waals surface area contributed by atoms with Gasteiger partial charge < -0.3 is 11.1 Å². The van der Waals surface area contributed by atoms with E-state index in [-0.39, 0.29) is 12.1 Å². The second kappa shape index (κ2) is 9.84. The highest BCUT2D eigenvalue weighted by molar-refractivity contribution is 5.99. The summed E-state index contributed by atoms with van der Waals surface area (Å²) >= 11 is 0. The molecule has 3 amide bonds. The molecule has 0 spiro atoms. The zero-order valence-corrected chi connectivity index (χ0v) is 17.0. The minimum Gasteiger partial charge on any atom is -0.369 e. The van der Waals surface area contributed by atoms with Crippen molar-refractivity contribution in [3.8, 4) is 5.69 Å². The molecule has 0 bridgehead atoms. The van der Waals surface area contributed by atoms with Gasteiger partial charge in [-0.15, -0.1) is 0 Å². The van der Waals surface area contributed by atoms with Crippen LogP contribution in [0.15, 0.2) is 48.5 Å². The minimum absolute atomic E-state index is 0.0693. The maximum absolute atomic E-state index is 13.9. The first-order valence-corrected chi connectivity index (χ1v) is 9.86. The Morgan fingerprint density at radius 2 is 1.87 bits per heavy atom. The summed E-state index contributed by atoms with van der Waals surface area (Å²) < 4.78 is 28.8. The summed E-state index contributed by atoms with van der Waals surface area (Å²) in [6, 6.07) is 11.5. The summed E-state index contributed by atoms with van der Waals surface area (Å²) in [7, 11) is 0. The van der Waals surface area contributed by atoms with E-state index in [4.69, 9.17) is 5.73 Å². The fraction of sp³-hybridized carbons (Fsp3) is 0.227. The number of carbonyl (C=O) groups is 2. The molecular weight excluding hydrogens is 404 g/mol. The van der Waals surface area contributed by atoms with E-state index in [1.165, 1.54) is 16.8 Å². The first kappa shape index (κ1) is 21.9. The van der Waals surface area contributed by atoms with Crippen molar-refractivity contribution in [2.75, 3.05) is 10.6 Å². The fourth-order valence-corrected chi connectivity index (χ4v) is 3.07. The molecule has 2 aromatic carbocycles. The van der Waals surface area contributed by atoms with Crippen LogP contribution in [-0.2, 0) is 17.6 Å². The lowest BCUT2D eigenvalue weighted by Crippen LogP contribution is -2.22. The minimum atomic E-state index is -1.14. The molecular formula is C22H23F2N5O2. The Bertz CT molecular complexity index is 1100. The number of rotatable bonds is 8. The van der Waals surface area contributed by atoms with Gasteiger partial charge in [0.2, 0.25) is 5.91 Å². The van der Waals surface area contributed by atoms with Gasteiger partial charge in [-0.25, -0.2) is 18.3 Å². The fourth-order valence-electron chi connectivity index (χ4n) is 3.07. The van der Waals surface area contributed by atoms with E-state index >= 15 is 0 Å². The smallest absolute Gasteiger partial charge is 0.324 e. The first-order chi connectivity index (χ1) is 14.9. The molecule has 0 fully saturated rings. The van der Waals surface area contributed by atoms with Crippen LogP contribution in [0.1, 0.15) is 31.0 Å². The van der Waals surface area contributed by atoms with E-state index in [2.05, 4.69) is 22.7 Å². The Morgan fingerprint density at radius 3 is 2.61 bits per heavy atom. The van der Waals surface area contributed by atoms with Crippen LogP contribution in [0, 0.1) is 11.6 Å². The molecule has 0 atom stereocenters. The standard InChI is InChI=1S/C22H23F2N5O2/c1-2-3-7-15-13-20(27-22(31)26-18-10-5-9-17(23)21(18)24)29(28-15)16-8-4-6-14(11-16)12-19(25)30/h4-6,8-11,13H,2-3,7,12H2,1H3,(H2,25,30)(H2,26,27,31). The van der Waals surface area contributed by atoms with Gasteiger partial charge in [0.15, 0.2) is 11.6 Å². The zero-order chi connectivity index (χ0) is 22.4. The maximum atomic E-state index is 13.9. The third-order valence-electron chi connectivity index (χ3n) is 4.52. The predicted molar refractivity (Wildman–Crippen MR) is 114 cm³/mol. The van der Waals surface area contributed by atoms with E-state index in [1.807, 2.05) is 0 Å². The first-order valence-electron chi connectivity index (χ1n) is 9.86. The number of amides is 3. The van der Waals surface area contributed by atoms with Crippen molar-refractivity contribution >= 4 is 23.4 Å². The molecule has 0 radical (unpaired) electrons. The number of hydrogen-bond donors (Lipinski definition) is 3. The molecule has 0 saturated carbocycles. The molecule has 162 valence electrons. The van der Waals surface area contributed by atoms with Crippen LogP contribution in [0.3, 0.4) is 0 Å². The molecule has 0 unspecified atom stereocenters. The number of nitrogens with zero attached hydrogens (tertiary/aromatic N) is 2. The van der Waals surface area contributed by atoms with E-state index < -0.39 is 23.6 Å². The summed E-state index contributed by atoms with van der Waals surface area (Å²) in [5.74, 6) is -2.32. The van der Waals surface area contributed by atoms with E-state index in [9.17, 15) is 18.4 Å². The van der Waals surface area contributed by atoms with Crippen molar-refractivity contribution in [2.45, 2.75) is 32.6 Å². The van der Waals surface area contributed by atoms with Crippen molar-refractivity contribution in [1.29, 1.82) is 0 Å². The Balaban J connectivity index is 1.88. The summed E-state index contributed by atoms with van der Waals surface area (Å²) in [6.45, 7) is 2.06. The molecule has 1 heterocycles. The number of halogens is 2. The van der Waals surface area contributed by atoms with E-state index in [0.717, 1.165) is 24.6 Å². The van der Waals surface area contributed by atoms with Crippen LogP contribution < -0.4 is 16.4 Å². The maximum Gasteiger partial charge on any atom is 0.324 e. The lowest BCUT2D eigenvalue weighted by atomic mass is 10.1. The number of nitrogens with one attached hydrogen (secondary N) is 2. The number of carbonyl (C=O) groups excluding carboxylic acids is 2. The average Bonchev–Trinajstić information content (AvgIpc) is 3.12. The molecule has 9 heteroatoms. The number of nitrogens with two attached hydrogens (primary N) is 1. The van der Waals surface area contributed by atoms with Crippen molar-refractivity contribution in [3.05, 3.63) is 71.4 Å². The molecule has 31 heavy (non-hydrogen) atoms. The number of benzene rings is 2. The number of aromatic nitrogens is 2. The highest BCUT2D eigenvalue weighted by Gasteiger charge is 2.15. The van der Waals surface area contributed by atoms with Gasteiger partial charge in [-0.1, -0.05) is 31.5 Å². The SMILES string of the molecule is CCCCc1cc(NC(=O)Nc2cccc(F)c2F)n(-c2cccc(CC(N)=O)c2)n1. The van der Waals surface area contributed by atoms with Gasteiger partial charge >= 0.3 is 6.03 Å². The predicted octanol–water partition coefficient (Wildman–Crippen LogP) is 4.16. The molecule has 0 aliphatic carbocycles. The van der Waals surface area contributed by atoms with Crippen LogP contribution in [-0.4, -0.2) is 21.7 Å². The molecule has 4 N–H and O–H groups in total. The molecule has 3 rings (SSSR count). The molecule has 7 nitrogen and oxygen atoms in total. The van der Waals surface area contributed by atoms with Crippen LogP contribution in [0.2, 0.25) is 0 Å². The van der Waals surface area contributed by atoms with Gasteiger partial charge in [0.05, 0.1) is 23.5 Å². The Labute approximate surface area is 178 Å². The molecule has 1 aromatic heterocycles. The average molecular weight is 427 g/mol. The second-order valence-electron chi connectivity index (χ2n) is 7.03. The number of hydrogen-bond acceptors (Lipinski definition) is 3. The lowest BCUT2D eigenvalue weighted by Gasteiger charge is -2.11. The van der Waals surface area contributed by atoms with Gasteiger partial charge in [0, 0.05) is 6.07 Å². The molecule has 0 aliphatic heterocycles. The Morgan fingerprint density at radius 1 is 1.10 bits per heavy atom. The van der Waals surface area contributed by atoms with Gasteiger partial charge in [-0.3, -0.25) is 10.1 Å². The number of primary amides is 1. The molecule has 0 saturated heterocycles. The van der Waals surface area contributed by atoms with Crippen molar-refractivity contribution in [3.63, 3.8) is 0 Å². The Hall–Kier alpha value is -3.75. The number of aryl methyl sites for hydroxylation is 1. The quantitative estimate of drug-likeness (QED) is 0.503. The Kier molecular flexibility index (Phi) is 6.96. The van der Waals surface area contributed by atoms with Crippen LogP contribution >= 0.6 is 0 Å². The van der Waals surface area contributed by atoms with Gasteiger partial charge in [-0.2, -0.15) is 5.10 Å². The number of unbranched alkanes of at least 4 members (excludes halogenated alkanes) is 1. The second-order valence-corrected chi connectivity index (χ2v) is 7.03. The summed E-state index contributed by atoms with van der Waals surface area (Å²) in [6.07, 6.45) is 2.67. The molecule has 3 aromatic rings. The van der Waals surface area contributed by atoms with Crippen LogP contribution in [0.4, 0.5) is 25.1 Å². The normalized spacial score (nSPS) is 10.7.